The number of carbonyl (C=O) groups excluding carboxylic acids is 3. The molecule has 0 aromatic rings. The Balaban J connectivity index is 4.40. The van der Waals surface area contributed by atoms with E-state index in [1.807, 2.05) is 0 Å². The van der Waals surface area contributed by atoms with Crippen LogP contribution in [0, 0.1) is 0 Å². The Morgan fingerprint density at radius 2 is 0.535 bits per heavy atom. The van der Waals surface area contributed by atoms with Gasteiger partial charge in [-0.3, -0.25) is 32.5 Å². The maximum Gasteiger partial charge on any atom is 0.472 e. The van der Waals surface area contributed by atoms with Gasteiger partial charge >= 0.3 is 33.6 Å². The number of hydrogen-bond acceptors (Lipinski definition) is 14. The van der Waals surface area contributed by atoms with E-state index in [4.69, 9.17) is 32.3 Å². The average molecular weight is 1430 g/mol. The molecule has 5 atom stereocenters. The molecule has 572 valence electrons. The van der Waals surface area contributed by atoms with Gasteiger partial charge in [0, 0.05) is 19.3 Å². The second-order valence-corrected chi connectivity index (χ2v) is 29.0. The van der Waals surface area contributed by atoms with E-state index < -0.39 is 91.5 Å². The van der Waals surface area contributed by atoms with Crippen LogP contribution in [0.25, 0.3) is 0 Å². The number of aliphatic hydroxyl groups is 2. The Morgan fingerprint density at radius 1 is 0.293 bits per heavy atom. The molecule has 0 fully saturated rings. The summed E-state index contributed by atoms with van der Waals surface area (Å²) in [6.07, 6.45) is 85.8. The van der Waals surface area contributed by atoms with Crippen LogP contribution in [0.15, 0.2) is 109 Å². The highest BCUT2D eigenvalue weighted by molar-refractivity contribution is 7.47. The summed E-state index contributed by atoms with van der Waals surface area (Å²) in [6, 6.07) is 0. The number of esters is 3. The lowest BCUT2D eigenvalue weighted by molar-refractivity contribution is -0.161. The van der Waals surface area contributed by atoms with E-state index in [0.717, 1.165) is 141 Å². The molecular weight excluding hydrogens is 1290 g/mol. The maximum absolute atomic E-state index is 12.9. The van der Waals surface area contributed by atoms with Gasteiger partial charge in [-0.2, -0.15) is 0 Å². The van der Waals surface area contributed by atoms with Crippen LogP contribution in [0.4, 0.5) is 0 Å². The van der Waals surface area contributed by atoms with Crippen LogP contribution in [0.3, 0.4) is 0 Å². The number of hydrogen-bond donors (Lipinski definition) is 4. The zero-order chi connectivity index (χ0) is 72.3. The molecule has 99 heavy (non-hydrogen) atoms. The van der Waals surface area contributed by atoms with Gasteiger partial charge in [0.1, 0.15) is 25.4 Å². The molecule has 0 aliphatic rings. The van der Waals surface area contributed by atoms with Crippen LogP contribution in [0.5, 0.6) is 0 Å². The number of carbonyl (C=O) groups is 3. The summed E-state index contributed by atoms with van der Waals surface area (Å²) in [7, 11) is -9.79. The van der Waals surface area contributed by atoms with Gasteiger partial charge in [-0.05, 0) is 128 Å². The van der Waals surface area contributed by atoms with Crippen LogP contribution in [0.1, 0.15) is 329 Å². The first-order valence-corrected chi connectivity index (χ1v) is 42.2. The molecule has 0 bridgehead atoms. The minimum Gasteiger partial charge on any atom is -0.463 e. The molecule has 0 heterocycles. The van der Waals surface area contributed by atoms with Crippen molar-refractivity contribution in [3.8, 4) is 0 Å². The number of phosphoric ester groups is 2. The van der Waals surface area contributed by atoms with Gasteiger partial charge in [0.25, 0.3) is 0 Å². The third kappa shape index (κ3) is 75.2. The zero-order valence-corrected chi connectivity index (χ0v) is 64.2. The first-order valence-electron chi connectivity index (χ1n) is 39.2. The topological polar surface area (TPSA) is 231 Å². The number of unbranched alkanes of at least 4 members (excludes halogenated alkanes) is 33. The van der Waals surface area contributed by atoms with Crippen LogP contribution in [-0.4, -0.2) is 95.9 Å². The second kappa shape index (κ2) is 73.9. The fourth-order valence-electron chi connectivity index (χ4n) is 10.5. The quantitative estimate of drug-likeness (QED) is 0.0146. The maximum atomic E-state index is 12.9. The molecule has 0 saturated carbocycles. The van der Waals surface area contributed by atoms with Crippen molar-refractivity contribution in [1.29, 1.82) is 0 Å². The normalized spacial score (nSPS) is 14.6. The van der Waals surface area contributed by atoms with Crippen LogP contribution in [-0.2, 0) is 55.8 Å². The molecule has 0 aromatic heterocycles. The van der Waals surface area contributed by atoms with E-state index in [0.29, 0.717) is 19.3 Å². The predicted molar refractivity (Wildman–Crippen MR) is 408 cm³/mol. The van der Waals surface area contributed by atoms with Crippen molar-refractivity contribution in [1.82, 2.24) is 0 Å². The molecule has 0 rings (SSSR count). The number of rotatable bonds is 74. The molecule has 18 heteroatoms. The Bertz CT molecular complexity index is 2240. The SMILES string of the molecule is CC/C=C\C/C=C\C/C=C\C/C=C\C/C=C\CCCCCCCCCCCCCCCCCCCC(=O)OCC(O)COP(=O)(O)OCC(O)COP(=O)(O)OCC(COC(=O)CCCCCCC/C=C\C/C=C\CCCCC)OC(=O)CCCCCCC/C=C\C/C=C\CCCCC. The molecule has 0 radical (unpaired) electrons. The summed E-state index contributed by atoms with van der Waals surface area (Å²) >= 11 is 0. The summed E-state index contributed by atoms with van der Waals surface area (Å²) in [4.78, 5) is 58.5. The first kappa shape index (κ1) is 95.2. The monoisotopic (exact) mass is 1430 g/mol. The third-order valence-electron chi connectivity index (χ3n) is 16.5. The Labute approximate surface area is 602 Å². The molecule has 0 aliphatic carbocycles. The minimum atomic E-state index is -4.93. The summed E-state index contributed by atoms with van der Waals surface area (Å²) in [5.74, 6) is -1.60. The van der Waals surface area contributed by atoms with Crippen molar-refractivity contribution in [3.05, 3.63) is 109 Å². The lowest BCUT2D eigenvalue weighted by atomic mass is 10.0. The number of aliphatic hydroxyl groups excluding tert-OH is 2. The highest BCUT2D eigenvalue weighted by Crippen LogP contribution is 2.45. The summed E-state index contributed by atoms with van der Waals surface area (Å²) in [5.41, 5.74) is 0. The smallest absolute Gasteiger partial charge is 0.463 e. The van der Waals surface area contributed by atoms with Crippen LogP contribution < -0.4 is 0 Å². The zero-order valence-electron chi connectivity index (χ0n) is 62.4. The van der Waals surface area contributed by atoms with Gasteiger partial charge in [-0.25, -0.2) is 9.13 Å². The van der Waals surface area contributed by atoms with E-state index in [1.165, 1.54) is 128 Å². The van der Waals surface area contributed by atoms with E-state index in [2.05, 4.69) is 130 Å². The highest BCUT2D eigenvalue weighted by Gasteiger charge is 2.29. The van der Waals surface area contributed by atoms with Gasteiger partial charge in [-0.15, -0.1) is 0 Å². The average Bonchev–Trinajstić information content (AvgIpc) is 1.43. The van der Waals surface area contributed by atoms with Gasteiger partial charge in [0.15, 0.2) is 6.10 Å². The molecule has 0 aromatic carbocycles. The molecule has 4 N–H and O–H groups in total. The van der Waals surface area contributed by atoms with Crippen molar-refractivity contribution in [3.63, 3.8) is 0 Å². The highest BCUT2D eigenvalue weighted by atomic mass is 31.2. The molecule has 0 amide bonds. The fourth-order valence-corrected chi connectivity index (χ4v) is 12.1. The van der Waals surface area contributed by atoms with Crippen molar-refractivity contribution in [2.24, 2.45) is 0 Å². The second-order valence-electron chi connectivity index (χ2n) is 26.1. The molecular formula is C81H142O16P2. The van der Waals surface area contributed by atoms with Crippen molar-refractivity contribution >= 4 is 33.6 Å². The van der Waals surface area contributed by atoms with Crippen molar-refractivity contribution < 1.29 is 75.8 Å². The van der Waals surface area contributed by atoms with E-state index in [9.17, 15) is 43.5 Å². The molecule has 5 unspecified atom stereocenters. The number of ether oxygens (including phenoxy) is 3. The lowest BCUT2D eigenvalue weighted by Crippen LogP contribution is -2.30. The summed E-state index contributed by atoms with van der Waals surface area (Å²) < 4.78 is 61.0. The van der Waals surface area contributed by atoms with Gasteiger partial charge in [-0.1, -0.05) is 291 Å². The Morgan fingerprint density at radius 3 is 0.848 bits per heavy atom. The standard InChI is InChI=1S/C81H142O16P2/c1-4-7-10-13-16-19-22-25-28-29-30-31-32-33-34-35-36-37-38-39-40-41-42-43-44-45-48-50-52-55-58-61-64-67-79(84)91-70-76(82)71-93-98(87,88)94-72-77(83)73-95-99(89,90)96-75-78(97-81(86)69-66-63-60-57-54-51-47-27-24-21-18-15-12-9-6-3)74-92-80(85)68-65-62-59-56-53-49-46-26-23-20-17-14-11-8-5-2/h7,10,16-21,25-28,30-31,33-34,46-47,76-78,82-83H,4-6,8-9,11-15,22-24,29,32,35-45,48-75H2,1-3H3,(H,87,88)(H,89,90)/b10-7-,19-16-,20-17-,21-18-,28-25-,31-30-,34-33-,46-26-,47-27-. The Hall–Kier alpha value is -3.79. The number of allylic oxidation sites excluding steroid dienone is 18. The van der Waals surface area contributed by atoms with E-state index in [-0.39, 0.29) is 19.3 Å². The Kier molecular flexibility index (Phi) is 71.1. The van der Waals surface area contributed by atoms with Crippen molar-refractivity contribution in [2.45, 2.75) is 347 Å². The largest absolute Gasteiger partial charge is 0.472 e. The van der Waals surface area contributed by atoms with Crippen LogP contribution in [0.2, 0.25) is 0 Å². The van der Waals surface area contributed by atoms with E-state index >= 15 is 0 Å². The van der Waals surface area contributed by atoms with Gasteiger partial charge in [0.05, 0.1) is 26.4 Å². The first-order chi connectivity index (χ1) is 48.2. The van der Waals surface area contributed by atoms with Crippen LogP contribution >= 0.6 is 15.6 Å². The third-order valence-corrected chi connectivity index (χ3v) is 18.4. The molecule has 16 nitrogen and oxygen atoms in total. The molecule has 0 aliphatic heterocycles. The van der Waals surface area contributed by atoms with Gasteiger partial charge < -0.3 is 34.2 Å². The minimum absolute atomic E-state index is 0.0859. The van der Waals surface area contributed by atoms with E-state index in [1.54, 1.807) is 0 Å². The predicted octanol–water partition coefficient (Wildman–Crippen LogP) is 22.8. The summed E-state index contributed by atoms with van der Waals surface area (Å²) in [5, 5.41) is 20.6. The lowest BCUT2D eigenvalue weighted by Gasteiger charge is -2.21. The number of phosphoric acid groups is 2. The van der Waals surface area contributed by atoms with Crippen molar-refractivity contribution in [2.75, 3.05) is 39.6 Å². The molecule has 0 spiro atoms. The molecule has 0 saturated heterocycles. The fraction of sp³-hybridized carbons (Fsp3) is 0.741. The summed E-state index contributed by atoms with van der Waals surface area (Å²) in [6.45, 7) is 2.50. The van der Waals surface area contributed by atoms with Gasteiger partial charge in [0.2, 0.25) is 0 Å².